The van der Waals surface area contributed by atoms with E-state index in [9.17, 15) is 0 Å². The van der Waals surface area contributed by atoms with Gasteiger partial charge in [0.05, 0.1) is 23.3 Å². The zero-order valence-electron chi connectivity index (χ0n) is 11.8. The third kappa shape index (κ3) is 2.71. The molecule has 0 aliphatic heterocycles. The number of aryl methyl sites for hydroxylation is 2. The molecule has 0 bridgehead atoms. The van der Waals surface area contributed by atoms with Crippen LogP contribution in [0.4, 0.5) is 0 Å². The van der Waals surface area contributed by atoms with E-state index in [4.69, 9.17) is 10.5 Å². The average Bonchev–Trinajstić information content (AvgIpc) is 2.47. The van der Waals surface area contributed by atoms with E-state index in [0.717, 1.165) is 35.1 Å². The molecule has 0 spiro atoms. The Bertz CT molecular complexity index is 652. The van der Waals surface area contributed by atoms with Crippen LogP contribution in [-0.4, -0.2) is 0 Å². The quantitative estimate of drug-likeness (QED) is 0.842. The average molecular weight is 260 g/mol. The van der Waals surface area contributed by atoms with E-state index >= 15 is 0 Å². The zero-order valence-corrected chi connectivity index (χ0v) is 11.8. The second-order valence-corrected chi connectivity index (χ2v) is 4.90. The standard InChI is InChI=1S/C18H16N2/c1-13-15(5-3-7-17(13)11-19)9-10-16-6-4-8-18(12-20)14(16)2/h3-8H,9-10H2,1-2H3. The zero-order chi connectivity index (χ0) is 14.5. The SMILES string of the molecule is Cc1c(C#N)cccc1CCc1cccc(C#N)c1C. The molecule has 20 heavy (non-hydrogen) atoms. The minimum atomic E-state index is 0.741. The fraction of sp³-hybridized carbons (Fsp3) is 0.222. The summed E-state index contributed by atoms with van der Waals surface area (Å²) in [7, 11) is 0. The van der Waals surface area contributed by atoms with Crippen molar-refractivity contribution >= 4 is 0 Å². The van der Waals surface area contributed by atoms with Crippen molar-refractivity contribution in [2.24, 2.45) is 0 Å². The Kier molecular flexibility index (Phi) is 4.18. The number of rotatable bonds is 3. The van der Waals surface area contributed by atoms with E-state index in [2.05, 4.69) is 24.3 Å². The van der Waals surface area contributed by atoms with Gasteiger partial charge in [0.2, 0.25) is 0 Å². The molecule has 0 aliphatic carbocycles. The van der Waals surface area contributed by atoms with E-state index in [1.54, 1.807) is 0 Å². The Labute approximate surface area is 119 Å². The van der Waals surface area contributed by atoms with Crippen molar-refractivity contribution in [3.05, 3.63) is 69.8 Å². The minimum Gasteiger partial charge on any atom is -0.192 e. The van der Waals surface area contributed by atoms with Crippen LogP contribution in [0.1, 0.15) is 33.4 Å². The smallest absolute Gasteiger partial charge is 0.0994 e. The van der Waals surface area contributed by atoms with Crippen LogP contribution < -0.4 is 0 Å². The third-order valence-electron chi connectivity index (χ3n) is 3.80. The Morgan fingerprint density at radius 1 is 0.750 bits per heavy atom. The Balaban J connectivity index is 2.23. The second-order valence-electron chi connectivity index (χ2n) is 4.90. The molecule has 0 radical (unpaired) electrons. The molecule has 2 rings (SSSR count). The molecule has 0 aromatic heterocycles. The van der Waals surface area contributed by atoms with Gasteiger partial charge >= 0.3 is 0 Å². The molecule has 2 aromatic rings. The van der Waals surface area contributed by atoms with Crippen molar-refractivity contribution in [2.75, 3.05) is 0 Å². The van der Waals surface area contributed by atoms with Crippen molar-refractivity contribution in [2.45, 2.75) is 26.7 Å². The summed E-state index contributed by atoms with van der Waals surface area (Å²) in [4.78, 5) is 0. The first-order valence-electron chi connectivity index (χ1n) is 6.64. The van der Waals surface area contributed by atoms with E-state index < -0.39 is 0 Å². The summed E-state index contributed by atoms with van der Waals surface area (Å²) in [6, 6.07) is 16.1. The predicted octanol–water partition coefficient (Wildman–Crippen LogP) is 3.83. The number of benzene rings is 2. The fourth-order valence-electron chi connectivity index (χ4n) is 2.42. The maximum absolute atomic E-state index is 9.05. The Morgan fingerprint density at radius 2 is 1.15 bits per heavy atom. The monoisotopic (exact) mass is 260 g/mol. The molecule has 0 saturated carbocycles. The molecule has 0 fully saturated rings. The van der Waals surface area contributed by atoms with E-state index in [-0.39, 0.29) is 0 Å². The molecule has 0 N–H and O–H groups in total. The summed E-state index contributed by atoms with van der Waals surface area (Å²) in [5, 5.41) is 18.1. The lowest BCUT2D eigenvalue weighted by Gasteiger charge is -2.10. The van der Waals surface area contributed by atoms with Crippen LogP contribution in [-0.2, 0) is 12.8 Å². The van der Waals surface area contributed by atoms with Gasteiger partial charge in [-0.2, -0.15) is 10.5 Å². The van der Waals surface area contributed by atoms with Gasteiger partial charge in [-0.1, -0.05) is 24.3 Å². The molecule has 0 heterocycles. The highest BCUT2D eigenvalue weighted by atomic mass is 14.3. The lowest BCUT2D eigenvalue weighted by Crippen LogP contribution is -1.99. The molecular formula is C18H16N2. The topological polar surface area (TPSA) is 47.6 Å². The van der Waals surface area contributed by atoms with Crippen LogP contribution in [0.15, 0.2) is 36.4 Å². The van der Waals surface area contributed by atoms with E-state index in [1.165, 1.54) is 11.1 Å². The van der Waals surface area contributed by atoms with Crippen LogP contribution >= 0.6 is 0 Å². The Hall–Kier alpha value is -2.58. The van der Waals surface area contributed by atoms with Crippen molar-refractivity contribution < 1.29 is 0 Å². The van der Waals surface area contributed by atoms with Crippen LogP contribution in [0.3, 0.4) is 0 Å². The first-order chi connectivity index (χ1) is 9.67. The van der Waals surface area contributed by atoms with Gasteiger partial charge < -0.3 is 0 Å². The summed E-state index contributed by atoms with van der Waals surface area (Å²) in [6.07, 6.45) is 1.77. The molecule has 0 amide bonds. The molecule has 0 unspecified atom stereocenters. The minimum absolute atomic E-state index is 0.741. The maximum atomic E-state index is 9.05. The van der Waals surface area contributed by atoms with E-state index in [1.807, 2.05) is 38.1 Å². The molecule has 0 atom stereocenters. The summed E-state index contributed by atoms with van der Waals surface area (Å²) in [5.41, 5.74) is 6.00. The van der Waals surface area contributed by atoms with Gasteiger partial charge in [-0.3, -0.25) is 0 Å². The molecule has 2 aromatic carbocycles. The Morgan fingerprint density at radius 3 is 1.50 bits per heavy atom. The molecule has 2 nitrogen and oxygen atoms in total. The summed E-state index contributed by atoms with van der Waals surface area (Å²) in [6.45, 7) is 3.99. The highest BCUT2D eigenvalue weighted by Gasteiger charge is 2.06. The van der Waals surface area contributed by atoms with E-state index in [0.29, 0.717) is 0 Å². The third-order valence-corrected chi connectivity index (χ3v) is 3.80. The molecular weight excluding hydrogens is 244 g/mol. The highest BCUT2D eigenvalue weighted by Crippen LogP contribution is 2.18. The van der Waals surface area contributed by atoms with Crippen molar-refractivity contribution in [1.29, 1.82) is 10.5 Å². The first-order valence-corrected chi connectivity index (χ1v) is 6.64. The summed E-state index contributed by atoms with van der Waals surface area (Å²) in [5.74, 6) is 0. The highest BCUT2D eigenvalue weighted by molar-refractivity contribution is 5.44. The lowest BCUT2D eigenvalue weighted by atomic mass is 9.94. The van der Waals surface area contributed by atoms with Gasteiger partial charge in [-0.15, -0.1) is 0 Å². The predicted molar refractivity (Wildman–Crippen MR) is 79.2 cm³/mol. The molecule has 2 heteroatoms. The van der Waals surface area contributed by atoms with Crippen molar-refractivity contribution in [3.63, 3.8) is 0 Å². The molecule has 0 saturated heterocycles. The van der Waals surface area contributed by atoms with Gasteiger partial charge in [-0.25, -0.2) is 0 Å². The van der Waals surface area contributed by atoms with Gasteiger partial charge in [-0.05, 0) is 61.1 Å². The van der Waals surface area contributed by atoms with Crippen molar-refractivity contribution in [1.82, 2.24) is 0 Å². The maximum Gasteiger partial charge on any atom is 0.0994 e. The van der Waals surface area contributed by atoms with Crippen LogP contribution in [0.2, 0.25) is 0 Å². The normalized spacial score (nSPS) is 9.80. The number of nitriles is 2. The number of hydrogen-bond donors (Lipinski definition) is 0. The number of hydrogen-bond acceptors (Lipinski definition) is 2. The fourth-order valence-corrected chi connectivity index (χ4v) is 2.42. The van der Waals surface area contributed by atoms with Gasteiger partial charge in [0.1, 0.15) is 0 Å². The van der Waals surface area contributed by atoms with Crippen LogP contribution in [0, 0.1) is 36.5 Å². The van der Waals surface area contributed by atoms with Crippen LogP contribution in [0.5, 0.6) is 0 Å². The number of nitrogens with zero attached hydrogens (tertiary/aromatic N) is 2. The summed E-state index contributed by atoms with van der Waals surface area (Å²) < 4.78 is 0. The summed E-state index contributed by atoms with van der Waals surface area (Å²) >= 11 is 0. The molecule has 98 valence electrons. The van der Waals surface area contributed by atoms with Gasteiger partial charge in [0.25, 0.3) is 0 Å². The second kappa shape index (κ2) is 6.04. The van der Waals surface area contributed by atoms with Gasteiger partial charge in [0, 0.05) is 0 Å². The van der Waals surface area contributed by atoms with Gasteiger partial charge in [0.15, 0.2) is 0 Å². The molecule has 0 aliphatic rings. The first kappa shape index (κ1) is 13.8. The lowest BCUT2D eigenvalue weighted by molar-refractivity contribution is 0.936. The van der Waals surface area contributed by atoms with Crippen LogP contribution in [0.25, 0.3) is 0 Å². The van der Waals surface area contributed by atoms with Crippen molar-refractivity contribution in [3.8, 4) is 12.1 Å². The largest absolute Gasteiger partial charge is 0.192 e.